The molecule has 0 aromatic carbocycles. The topological polar surface area (TPSA) is 131 Å². The molecule has 0 saturated carbocycles. The van der Waals surface area contributed by atoms with Gasteiger partial charge in [0.05, 0.1) is 13.2 Å². The molecule has 9 nitrogen and oxygen atoms in total. The van der Waals surface area contributed by atoms with Crippen LogP contribution in [0.25, 0.3) is 0 Å². The van der Waals surface area contributed by atoms with Gasteiger partial charge in [-0.1, -0.05) is 77.4 Å². The van der Waals surface area contributed by atoms with Crippen LogP contribution in [0.1, 0.15) is 110 Å². The van der Waals surface area contributed by atoms with Gasteiger partial charge in [-0.2, -0.15) is 0 Å². The summed E-state index contributed by atoms with van der Waals surface area (Å²) in [4.78, 5) is 32.4. The normalized spacial score (nSPS) is 14.0. The number of ether oxygens (including phenoxy) is 1. The Bertz CT molecular complexity index is 629. The minimum atomic E-state index is -4.37. The van der Waals surface area contributed by atoms with Crippen LogP contribution in [0.5, 0.6) is 0 Å². The second kappa shape index (κ2) is 24.1. The molecule has 0 aromatic rings. The fraction of sp³-hybridized carbons (Fsp3) is 0.846. The summed E-state index contributed by atoms with van der Waals surface area (Å²) in [6, 6.07) is 0. The summed E-state index contributed by atoms with van der Waals surface area (Å²) in [7, 11) is -4.37. The lowest BCUT2D eigenvalue weighted by Crippen LogP contribution is -2.27. The third kappa shape index (κ3) is 24.4. The van der Waals surface area contributed by atoms with Crippen LogP contribution in [0.15, 0.2) is 12.2 Å². The fourth-order valence-corrected chi connectivity index (χ4v) is 4.11. The lowest BCUT2D eigenvalue weighted by Gasteiger charge is -2.15. The number of hydrogen-bond acceptors (Lipinski definition) is 7. The summed E-state index contributed by atoms with van der Waals surface area (Å²) in [6.07, 6.45) is 19.5. The summed E-state index contributed by atoms with van der Waals surface area (Å²) in [6.45, 7) is 2.87. The minimum absolute atomic E-state index is 0.0779. The predicted molar refractivity (Wildman–Crippen MR) is 141 cm³/mol. The van der Waals surface area contributed by atoms with Crippen molar-refractivity contribution in [2.24, 2.45) is 0 Å². The molecule has 10 heteroatoms. The van der Waals surface area contributed by atoms with Crippen molar-refractivity contribution in [3.63, 3.8) is 0 Å². The van der Waals surface area contributed by atoms with Gasteiger partial charge in [-0.3, -0.25) is 18.6 Å². The number of nitrogens with one attached hydrogen (secondary N) is 1. The maximum absolute atomic E-state index is 11.9. The molecule has 0 radical (unpaired) electrons. The van der Waals surface area contributed by atoms with Gasteiger partial charge in [-0.25, -0.2) is 4.57 Å². The number of rotatable bonds is 25. The van der Waals surface area contributed by atoms with Crippen LogP contribution in [0.3, 0.4) is 0 Å². The number of aliphatic hydroxyl groups excluding tert-OH is 1. The minimum Gasteiger partial charge on any atom is -0.463 e. The molecule has 0 bridgehead atoms. The molecule has 0 heterocycles. The van der Waals surface area contributed by atoms with Gasteiger partial charge in [-0.15, -0.1) is 0 Å². The van der Waals surface area contributed by atoms with Crippen molar-refractivity contribution in [1.82, 2.24) is 5.32 Å². The zero-order valence-electron chi connectivity index (χ0n) is 22.5. The van der Waals surface area contributed by atoms with E-state index in [2.05, 4.69) is 28.9 Å². The molecule has 1 amide bonds. The Balaban J connectivity index is 3.56. The lowest BCUT2D eigenvalue weighted by molar-refractivity contribution is -0.146. The van der Waals surface area contributed by atoms with E-state index >= 15 is 0 Å². The highest BCUT2D eigenvalue weighted by molar-refractivity contribution is 7.47. The zero-order chi connectivity index (χ0) is 26.9. The SMILES string of the molecule is CCCCCCCC/C=C\CCCCCCCC(=O)NCCOP(=O)(O)OCC(O)COC(=O)CC. The second-order valence-corrected chi connectivity index (χ2v) is 10.4. The highest BCUT2D eigenvalue weighted by Gasteiger charge is 2.23. The van der Waals surface area contributed by atoms with E-state index in [1.165, 1.54) is 57.8 Å². The molecule has 0 saturated heterocycles. The monoisotopic (exact) mass is 535 g/mol. The third-order valence-electron chi connectivity index (χ3n) is 5.50. The lowest BCUT2D eigenvalue weighted by atomic mass is 10.1. The van der Waals surface area contributed by atoms with E-state index in [0.29, 0.717) is 6.42 Å². The van der Waals surface area contributed by atoms with Crippen molar-refractivity contribution in [3.05, 3.63) is 12.2 Å². The van der Waals surface area contributed by atoms with E-state index < -0.39 is 26.5 Å². The molecule has 0 aliphatic carbocycles. The Hall–Kier alpha value is -1.25. The Morgan fingerprint density at radius 3 is 2.06 bits per heavy atom. The van der Waals surface area contributed by atoms with Crippen molar-refractivity contribution in [3.8, 4) is 0 Å². The molecule has 0 spiro atoms. The summed E-state index contributed by atoms with van der Waals surface area (Å²) >= 11 is 0. The average molecular weight is 536 g/mol. The first-order chi connectivity index (χ1) is 17.3. The highest BCUT2D eigenvalue weighted by atomic mass is 31.2. The number of phosphoric ester groups is 1. The molecule has 0 aliphatic heterocycles. The van der Waals surface area contributed by atoms with Gasteiger partial charge < -0.3 is 20.1 Å². The predicted octanol–water partition coefficient (Wildman–Crippen LogP) is 5.59. The maximum atomic E-state index is 11.9. The van der Waals surface area contributed by atoms with E-state index in [4.69, 9.17) is 9.26 Å². The van der Waals surface area contributed by atoms with Crippen LogP contribution in [-0.4, -0.2) is 54.3 Å². The standard InChI is InChI=1S/C26H50NO8P/c1-3-5-6-7-8-9-10-11-12-13-14-15-16-17-18-19-25(29)27-20-21-34-36(31,32)35-23-24(28)22-33-26(30)4-2/h11-12,24,28H,3-10,13-23H2,1-2H3,(H,27,29)(H,31,32)/b12-11-. The Kier molecular flexibility index (Phi) is 23.3. The molecular weight excluding hydrogens is 485 g/mol. The van der Waals surface area contributed by atoms with Crippen molar-refractivity contribution in [2.75, 3.05) is 26.4 Å². The molecule has 0 fully saturated rings. The first-order valence-electron chi connectivity index (χ1n) is 13.7. The largest absolute Gasteiger partial charge is 0.472 e. The molecule has 2 unspecified atom stereocenters. The molecule has 3 N–H and O–H groups in total. The van der Waals surface area contributed by atoms with Crippen LogP contribution in [0.4, 0.5) is 0 Å². The molecule has 0 aliphatic rings. The summed E-state index contributed by atoms with van der Waals surface area (Å²) < 4.78 is 25.9. The van der Waals surface area contributed by atoms with Gasteiger partial charge in [0, 0.05) is 19.4 Å². The van der Waals surface area contributed by atoms with Crippen LogP contribution >= 0.6 is 7.82 Å². The Morgan fingerprint density at radius 1 is 0.861 bits per heavy atom. The van der Waals surface area contributed by atoms with E-state index in [1.54, 1.807) is 6.92 Å². The molecule has 212 valence electrons. The highest BCUT2D eigenvalue weighted by Crippen LogP contribution is 2.42. The van der Waals surface area contributed by atoms with Crippen molar-refractivity contribution < 1.29 is 37.9 Å². The van der Waals surface area contributed by atoms with Gasteiger partial charge in [0.1, 0.15) is 12.7 Å². The first kappa shape index (κ1) is 34.8. The van der Waals surface area contributed by atoms with Gasteiger partial charge in [0.25, 0.3) is 0 Å². The summed E-state index contributed by atoms with van der Waals surface area (Å²) in [5.74, 6) is -0.618. The number of aliphatic hydroxyl groups is 1. The number of allylic oxidation sites excluding steroid dienone is 2. The number of hydrogen-bond donors (Lipinski definition) is 3. The van der Waals surface area contributed by atoms with Crippen LogP contribution < -0.4 is 5.32 Å². The molecule has 0 aromatic heterocycles. The van der Waals surface area contributed by atoms with Crippen LogP contribution in [-0.2, 0) is 27.9 Å². The van der Waals surface area contributed by atoms with Crippen LogP contribution in [0.2, 0.25) is 0 Å². The van der Waals surface area contributed by atoms with Gasteiger partial charge in [-0.05, 0) is 32.1 Å². The maximum Gasteiger partial charge on any atom is 0.472 e. The Labute approximate surface area is 218 Å². The Morgan fingerprint density at radius 2 is 1.44 bits per heavy atom. The van der Waals surface area contributed by atoms with E-state index in [9.17, 15) is 24.2 Å². The van der Waals surface area contributed by atoms with Crippen molar-refractivity contribution in [1.29, 1.82) is 0 Å². The number of esters is 1. The molecule has 0 rings (SSSR count). The summed E-state index contributed by atoms with van der Waals surface area (Å²) in [5, 5.41) is 12.2. The molecular formula is C26H50NO8P. The fourth-order valence-electron chi connectivity index (χ4n) is 3.35. The first-order valence-corrected chi connectivity index (χ1v) is 15.2. The van der Waals surface area contributed by atoms with Gasteiger partial charge in [0.2, 0.25) is 5.91 Å². The van der Waals surface area contributed by atoms with Crippen molar-refractivity contribution in [2.45, 2.75) is 116 Å². The third-order valence-corrected chi connectivity index (χ3v) is 6.48. The quantitative estimate of drug-likeness (QED) is 0.0597. The second-order valence-electron chi connectivity index (χ2n) is 8.97. The number of phosphoric acid groups is 1. The van der Waals surface area contributed by atoms with E-state index in [0.717, 1.165) is 25.7 Å². The smallest absolute Gasteiger partial charge is 0.463 e. The summed E-state index contributed by atoms with van der Waals surface area (Å²) in [5.41, 5.74) is 0. The van der Waals surface area contributed by atoms with Gasteiger partial charge >= 0.3 is 13.8 Å². The zero-order valence-corrected chi connectivity index (χ0v) is 23.4. The van der Waals surface area contributed by atoms with Crippen LogP contribution in [0, 0.1) is 0 Å². The number of amides is 1. The van der Waals surface area contributed by atoms with Crippen molar-refractivity contribution >= 4 is 19.7 Å². The van der Waals surface area contributed by atoms with E-state index in [1.807, 2.05) is 0 Å². The average Bonchev–Trinajstić information content (AvgIpc) is 2.86. The number of carbonyl (C=O) groups is 2. The molecule has 36 heavy (non-hydrogen) atoms. The van der Waals surface area contributed by atoms with E-state index in [-0.39, 0.29) is 32.1 Å². The molecule has 2 atom stereocenters. The van der Waals surface area contributed by atoms with Gasteiger partial charge in [0.15, 0.2) is 0 Å². The number of unbranched alkanes of at least 4 members (excludes halogenated alkanes) is 11. The number of carbonyl (C=O) groups excluding carboxylic acids is 2.